The average Bonchev–Trinajstić information content (AvgIpc) is 3.02. The summed E-state index contributed by atoms with van der Waals surface area (Å²) in [5.41, 5.74) is 2.32. The molecular formula is C22H26ClN3O3. The first-order chi connectivity index (χ1) is 13.9. The summed E-state index contributed by atoms with van der Waals surface area (Å²) in [5, 5.41) is 3.24. The third-order valence-electron chi connectivity index (χ3n) is 4.72. The molecule has 0 saturated carbocycles. The number of aromatic nitrogens is 2. The predicted octanol–water partition coefficient (Wildman–Crippen LogP) is 4.59. The molecule has 0 fully saturated rings. The fourth-order valence-corrected chi connectivity index (χ4v) is 3.27. The van der Waals surface area contributed by atoms with Crippen molar-refractivity contribution in [2.24, 2.45) is 13.0 Å². The number of benzene rings is 2. The molecule has 0 bridgehead atoms. The molecule has 0 saturated heterocycles. The fourth-order valence-electron chi connectivity index (χ4n) is 3.00. The largest absolute Gasteiger partial charge is 0.493 e. The summed E-state index contributed by atoms with van der Waals surface area (Å²) in [6, 6.07) is 11.1. The Morgan fingerprint density at radius 2 is 2.03 bits per heavy atom. The summed E-state index contributed by atoms with van der Waals surface area (Å²) in [5.74, 6) is 1.93. The topological polar surface area (TPSA) is 65.4 Å². The van der Waals surface area contributed by atoms with Crippen LogP contribution in [-0.4, -0.2) is 29.2 Å². The van der Waals surface area contributed by atoms with Crippen molar-refractivity contribution < 1.29 is 14.3 Å². The number of rotatable bonds is 8. The van der Waals surface area contributed by atoms with E-state index in [0.717, 1.165) is 23.3 Å². The molecule has 0 unspecified atom stereocenters. The van der Waals surface area contributed by atoms with Gasteiger partial charge >= 0.3 is 0 Å². The summed E-state index contributed by atoms with van der Waals surface area (Å²) in [7, 11) is 3.46. The maximum Gasteiger partial charge on any atom is 0.251 e. The number of hydrogen-bond acceptors (Lipinski definition) is 4. The van der Waals surface area contributed by atoms with Gasteiger partial charge in [-0.1, -0.05) is 37.6 Å². The van der Waals surface area contributed by atoms with Gasteiger partial charge in [0.2, 0.25) is 0 Å². The zero-order valence-corrected chi connectivity index (χ0v) is 17.9. The van der Waals surface area contributed by atoms with Crippen molar-refractivity contribution in [3.63, 3.8) is 0 Å². The second-order valence-corrected chi connectivity index (χ2v) is 7.69. The number of imidazole rings is 1. The number of amides is 1. The average molecular weight is 416 g/mol. The lowest BCUT2D eigenvalue weighted by atomic mass is 10.1. The van der Waals surface area contributed by atoms with E-state index in [2.05, 4.69) is 24.1 Å². The standard InChI is InChI=1S/C22H26ClN3O3/c1-14(2)9-10-29-21-16(23)11-15(12-19(21)28-4)22(27)24-13-20-25-17-7-5-6-8-18(17)26(20)3/h5-8,11-12,14H,9-10,13H2,1-4H3,(H,24,27). The summed E-state index contributed by atoms with van der Waals surface area (Å²) in [6.45, 7) is 5.09. The van der Waals surface area contributed by atoms with E-state index in [4.69, 9.17) is 21.1 Å². The zero-order valence-electron chi connectivity index (χ0n) is 17.2. The van der Waals surface area contributed by atoms with Crippen molar-refractivity contribution in [3.05, 3.63) is 52.8 Å². The van der Waals surface area contributed by atoms with Gasteiger partial charge in [-0.15, -0.1) is 0 Å². The number of carbonyl (C=O) groups is 1. The Balaban J connectivity index is 1.73. The van der Waals surface area contributed by atoms with Gasteiger partial charge in [-0.05, 0) is 36.6 Å². The van der Waals surface area contributed by atoms with Crippen LogP contribution in [0.3, 0.4) is 0 Å². The second-order valence-electron chi connectivity index (χ2n) is 7.28. The highest BCUT2D eigenvalue weighted by molar-refractivity contribution is 6.32. The Bertz CT molecular complexity index is 1010. The van der Waals surface area contributed by atoms with E-state index in [1.54, 1.807) is 12.1 Å². The van der Waals surface area contributed by atoms with Crippen molar-refractivity contribution in [3.8, 4) is 11.5 Å². The van der Waals surface area contributed by atoms with E-state index in [1.807, 2.05) is 35.9 Å². The van der Waals surface area contributed by atoms with Crippen LogP contribution in [0.15, 0.2) is 36.4 Å². The van der Waals surface area contributed by atoms with Crippen LogP contribution in [0.1, 0.15) is 36.5 Å². The Morgan fingerprint density at radius 1 is 1.28 bits per heavy atom. The summed E-state index contributed by atoms with van der Waals surface area (Å²) in [4.78, 5) is 17.2. The van der Waals surface area contributed by atoms with Crippen LogP contribution in [0.2, 0.25) is 5.02 Å². The molecule has 3 aromatic rings. The number of hydrogen-bond donors (Lipinski definition) is 1. The third-order valence-corrected chi connectivity index (χ3v) is 5.00. The van der Waals surface area contributed by atoms with E-state index < -0.39 is 0 Å². The number of nitrogens with zero attached hydrogens (tertiary/aromatic N) is 2. The van der Waals surface area contributed by atoms with Crippen molar-refractivity contribution >= 4 is 28.5 Å². The minimum Gasteiger partial charge on any atom is -0.493 e. The number of halogens is 1. The lowest BCUT2D eigenvalue weighted by Crippen LogP contribution is -2.24. The van der Waals surface area contributed by atoms with Gasteiger partial charge in [-0.2, -0.15) is 0 Å². The molecule has 0 aliphatic carbocycles. The number of nitrogens with one attached hydrogen (secondary N) is 1. The van der Waals surface area contributed by atoms with E-state index in [1.165, 1.54) is 7.11 Å². The van der Waals surface area contributed by atoms with Gasteiger partial charge < -0.3 is 19.4 Å². The minimum absolute atomic E-state index is 0.258. The van der Waals surface area contributed by atoms with E-state index >= 15 is 0 Å². The van der Waals surface area contributed by atoms with Crippen LogP contribution in [0.25, 0.3) is 11.0 Å². The number of aryl methyl sites for hydroxylation is 1. The maximum atomic E-state index is 12.7. The second kappa shape index (κ2) is 9.18. The monoisotopic (exact) mass is 415 g/mol. The highest BCUT2D eigenvalue weighted by atomic mass is 35.5. The van der Waals surface area contributed by atoms with Gasteiger partial charge in [0.1, 0.15) is 5.82 Å². The molecule has 3 rings (SSSR count). The van der Waals surface area contributed by atoms with Crippen molar-refractivity contribution in [1.29, 1.82) is 0 Å². The molecule has 1 heterocycles. The van der Waals surface area contributed by atoms with E-state index in [-0.39, 0.29) is 5.91 Å². The Kier molecular flexibility index (Phi) is 6.64. The molecule has 7 heteroatoms. The van der Waals surface area contributed by atoms with E-state index in [0.29, 0.717) is 41.2 Å². The first kappa shape index (κ1) is 21.0. The van der Waals surface area contributed by atoms with Crippen molar-refractivity contribution in [2.75, 3.05) is 13.7 Å². The van der Waals surface area contributed by atoms with Gasteiger partial charge in [0, 0.05) is 12.6 Å². The third kappa shape index (κ3) is 4.82. The number of para-hydroxylation sites is 2. The van der Waals surface area contributed by atoms with Gasteiger partial charge in [0.15, 0.2) is 11.5 Å². The highest BCUT2D eigenvalue weighted by Gasteiger charge is 2.17. The molecular weight excluding hydrogens is 390 g/mol. The van der Waals surface area contributed by atoms with Crippen molar-refractivity contribution in [1.82, 2.24) is 14.9 Å². The summed E-state index contributed by atoms with van der Waals surface area (Å²) >= 11 is 6.37. The molecule has 154 valence electrons. The molecule has 2 aromatic carbocycles. The Morgan fingerprint density at radius 3 is 2.72 bits per heavy atom. The first-order valence-electron chi connectivity index (χ1n) is 9.59. The minimum atomic E-state index is -0.258. The van der Waals surface area contributed by atoms with Crippen LogP contribution in [0.4, 0.5) is 0 Å². The molecule has 29 heavy (non-hydrogen) atoms. The van der Waals surface area contributed by atoms with Gasteiger partial charge in [-0.3, -0.25) is 4.79 Å². The summed E-state index contributed by atoms with van der Waals surface area (Å²) < 4.78 is 13.1. The maximum absolute atomic E-state index is 12.7. The molecule has 1 aromatic heterocycles. The highest BCUT2D eigenvalue weighted by Crippen LogP contribution is 2.36. The quantitative estimate of drug-likeness (QED) is 0.584. The number of fused-ring (bicyclic) bond motifs is 1. The molecule has 0 aliphatic rings. The number of carbonyl (C=O) groups excluding carboxylic acids is 1. The smallest absolute Gasteiger partial charge is 0.251 e. The Labute approximate surface area is 175 Å². The van der Waals surface area contributed by atoms with Crippen molar-refractivity contribution in [2.45, 2.75) is 26.8 Å². The van der Waals surface area contributed by atoms with Crippen LogP contribution >= 0.6 is 11.6 Å². The number of ether oxygens (including phenoxy) is 2. The lowest BCUT2D eigenvalue weighted by molar-refractivity contribution is 0.0949. The van der Waals surface area contributed by atoms with Gasteiger partial charge in [-0.25, -0.2) is 4.98 Å². The molecule has 6 nitrogen and oxygen atoms in total. The fraction of sp³-hybridized carbons (Fsp3) is 0.364. The molecule has 1 N–H and O–H groups in total. The van der Waals surface area contributed by atoms with Crippen LogP contribution in [0, 0.1) is 5.92 Å². The van der Waals surface area contributed by atoms with Gasteiger partial charge in [0.05, 0.1) is 36.3 Å². The van der Waals surface area contributed by atoms with Crippen LogP contribution in [-0.2, 0) is 13.6 Å². The lowest BCUT2D eigenvalue weighted by Gasteiger charge is -2.15. The molecule has 0 aliphatic heterocycles. The first-order valence-corrected chi connectivity index (χ1v) is 9.97. The normalized spacial score (nSPS) is 11.1. The molecule has 0 radical (unpaired) electrons. The molecule has 1 amide bonds. The van der Waals surface area contributed by atoms with E-state index in [9.17, 15) is 4.79 Å². The molecule has 0 atom stereocenters. The number of methoxy groups -OCH3 is 1. The SMILES string of the molecule is COc1cc(C(=O)NCc2nc3ccccc3n2C)cc(Cl)c1OCCC(C)C. The van der Waals surface area contributed by atoms with Gasteiger partial charge in [0.25, 0.3) is 5.91 Å². The van der Waals surface area contributed by atoms with Crippen LogP contribution in [0.5, 0.6) is 11.5 Å². The Hall–Kier alpha value is -2.73. The zero-order chi connectivity index (χ0) is 21.0. The molecule has 0 spiro atoms. The predicted molar refractivity (Wildman–Crippen MR) is 115 cm³/mol. The van der Waals surface area contributed by atoms with Crippen LogP contribution < -0.4 is 14.8 Å². The summed E-state index contributed by atoms with van der Waals surface area (Å²) in [6.07, 6.45) is 0.903.